The van der Waals surface area contributed by atoms with Crippen LogP contribution in [-0.2, 0) is 12.2 Å². The van der Waals surface area contributed by atoms with Crippen LogP contribution < -0.4 is 10.3 Å². The van der Waals surface area contributed by atoms with Gasteiger partial charge in [-0.05, 0) is 76.6 Å². The first-order valence-electron chi connectivity index (χ1n) is 12.8. The molecule has 2 N–H and O–H groups in total. The molecule has 6 bridgehead atoms. The molecule has 1 aromatic heterocycles. The Hall–Kier alpha value is -3.96. The number of pyridine rings is 1. The number of hydrogen-bond donors (Lipinski definition) is 2. The number of rotatable bonds is 3. The maximum absolute atomic E-state index is 12.5. The molecule has 4 aromatic rings. The summed E-state index contributed by atoms with van der Waals surface area (Å²) in [4.78, 5) is 19.9. The molecule has 2 heterocycles. The monoisotopic (exact) mass is 494 g/mol. The number of fused-ring (bicyclic) bond motifs is 6. The van der Waals surface area contributed by atoms with E-state index in [9.17, 15) is 9.90 Å². The summed E-state index contributed by atoms with van der Waals surface area (Å²) >= 11 is 0. The van der Waals surface area contributed by atoms with E-state index in [-0.39, 0.29) is 5.56 Å². The molecule has 1 atom stereocenters. The van der Waals surface area contributed by atoms with Crippen LogP contribution in [0.5, 0.6) is 5.75 Å². The van der Waals surface area contributed by atoms with Crippen molar-refractivity contribution in [1.29, 1.82) is 0 Å². The first-order valence-corrected chi connectivity index (χ1v) is 12.8. The van der Waals surface area contributed by atoms with Crippen molar-refractivity contribution in [2.45, 2.75) is 46.8 Å². The quantitative estimate of drug-likeness (QED) is 0.302. The van der Waals surface area contributed by atoms with Crippen LogP contribution in [0.3, 0.4) is 0 Å². The molecular weight excluding hydrogens is 460 g/mol. The van der Waals surface area contributed by atoms with Crippen LogP contribution in [0.1, 0.15) is 51.3 Å². The number of nitrogens with zero attached hydrogens (tertiary/aromatic N) is 1. The molecule has 190 valence electrons. The lowest BCUT2D eigenvalue weighted by Crippen LogP contribution is -2.29. The van der Waals surface area contributed by atoms with Crippen molar-refractivity contribution in [3.05, 3.63) is 112 Å². The topological polar surface area (TPSA) is 74.7 Å². The summed E-state index contributed by atoms with van der Waals surface area (Å²) in [7, 11) is 0. The lowest BCUT2D eigenvalue weighted by atomic mass is 9.80. The average Bonchev–Trinajstić information content (AvgIpc) is 2.91. The Morgan fingerprint density at radius 3 is 2.57 bits per heavy atom. The van der Waals surface area contributed by atoms with E-state index in [0.717, 1.165) is 22.1 Å². The molecule has 5 nitrogen and oxygen atoms in total. The van der Waals surface area contributed by atoms with E-state index in [1.54, 1.807) is 12.3 Å². The Kier molecular flexibility index (Phi) is 7.74. The van der Waals surface area contributed by atoms with Crippen molar-refractivity contribution in [3.63, 3.8) is 0 Å². The van der Waals surface area contributed by atoms with Crippen LogP contribution in [0.25, 0.3) is 22.0 Å². The van der Waals surface area contributed by atoms with Gasteiger partial charge in [0, 0.05) is 29.4 Å². The third-order valence-electron chi connectivity index (χ3n) is 6.38. The number of ether oxygens (including phenoxy) is 1. The fourth-order valence-electron chi connectivity index (χ4n) is 4.57. The lowest BCUT2D eigenvalue weighted by molar-refractivity contribution is 0.120. The minimum absolute atomic E-state index is 0.174. The van der Waals surface area contributed by atoms with Gasteiger partial charge in [0.05, 0.1) is 0 Å². The summed E-state index contributed by atoms with van der Waals surface area (Å²) in [5.41, 5.74) is 3.83. The molecule has 37 heavy (non-hydrogen) atoms. The molecule has 5 heteroatoms. The zero-order valence-electron chi connectivity index (χ0n) is 22.1. The predicted octanol–water partition coefficient (Wildman–Crippen LogP) is 6.98. The van der Waals surface area contributed by atoms with E-state index >= 15 is 0 Å². The molecule has 0 saturated heterocycles. The summed E-state index contributed by atoms with van der Waals surface area (Å²) < 4.78 is 6.11. The summed E-state index contributed by atoms with van der Waals surface area (Å²) in [6, 6.07) is 22.8. The highest BCUT2D eigenvalue weighted by molar-refractivity contribution is 5.95. The molecular formula is C32H34N2O3. The summed E-state index contributed by atoms with van der Waals surface area (Å²) in [5.74, 6) is 0.957. The third kappa shape index (κ3) is 5.27. The Labute approximate surface area is 218 Å². The predicted molar refractivity (Wildman–Crippen MR) is 152 cm³/mol. The number of aliphatic hydroxyl groups is 1. The minimum atomic E-state index is -1.46. The number of H-pyrrole nitrogens is 1. The van der Waals surface area contributed by atoms with Gasteiger partial charge in [-0.3, -0.25) is 9.79 Å². The minimum Gasteiger partial charge on any atom is -0.489 e. The maximum atomic E-state index is 12.5. The first-order chi connectivity index (χ1) is 17.8. The van der Waals surface area contributed by atoms with Gasteiger partial charge in [0.2, 0.25) is 5.56 Å². The SMILES string of the molecule is C/C(=C\N=CC(C)C)C1(O)c2cccc(c2)OCc2cccc(c2)-c2cc(=O)[nH]c3ccc1cc23.CC. The van der Waals surface area contributed by atoms with Crippen molar-refractivity contribution in [2.75, 3.05) is 0 Å². The second kappa shape index (κ2) is 11.0. The van der Waals surface area contributed by atoms with Crippen LogP contribution >= 0.6 is 0 Å². The van der Waals surface area contributed by atoms with Gasteiger partial charge >= 0.3 is 0 Å². The van der Waals surface area contributed by atoms with Gasteiger partial charge in [-0.15, -0.1) is 0 Å². The van der Waals surface area contributed by atoms with Crippen molar-refractivity contribution >= 4 is 17.1 Å². The summed E-state index contributed by atoms with van der Waals surface area (Å²) in [6.45, 7) is 10.4. The highest BCUT2D eigenvalue weighted by atomic mass is 16.5. The number of aromatic amines is 1. The van der Waals surface area contributed by atoms with Gasteiger partial charge in [-0.25, -0.2) is 0 Å². The largest absolute Gasteiger partial charge is 0.489 e. The Balaban J connectivity index is 0.00000156. The summed E-state index contributed by atoms with van der Waals surface area (Å²) in [5, 5.41) is 13.2. The van der Waals surface area contributed by atoms with Gasteiger partial charge in [0.15, 0.2) is 0 Å². The van der Waals surface area contributed by atoms with Crippen molar-refractivity contribution in [2.24, 2.45) is 10.9 Å². The zero-order valence-corrected chi connectivity index (χ0v) is 22.1. The Morgan fingerprint density at radius 2 is 1.78 bits per heavy atom. The molecule has 1 aliphatic heterocycles. The number of aromatic nitrogens is 1. The highest BCUT2D eigenvalue weighted by Crippen LogP contribution is 2.40. The highest BCUT2D eigenvalue weighted by Gasteiger charge is 2.34. The van der Waals surface area contributed by atoms with Crippen molar-refractivity contribution in [1.82, 2.24) is 4.98 Å². The standard InChI is InChI=1S/C30H28N2O3.C2H6/c1-19(2)16-31-17-20(3)30(34)23-8-5-9-25(13-23)35-18-21-6-4-7-22(12-21)26-15-29(33)32-28-11-10-24(30)14-27(26)28;1-2/h4-17,19,34H,18H2,1-3H3,(H,32,33);1-2H3/b20-17+,31-16?;. The first kappa shape index (κ1) is 26.1. The van der Waals surface area contributed by atoms with Crippen LogP contribution in [0.15, 0.2) is 94.4 Å². The normalized spacial score (nSPS) is 17.0. The molecule has 1 aliphatic rings. The second-order valence-corrected chi connectivity index (χ2v) is 9.39. The molecule has 5 rings (SSSR count). The van der Waals surface area contributed by atoms with Crippen LogP contribution in [0.4, 0.5) is 0 Å². The molecule has 3 aromatic carbocycles. The number of benzene rings is 3. The number of hydrogen-bond acceptors (Lipinski definition) is 4. The van der Waals surface area contributed by atoms with E-state index in [1.807, 2.05) is 93.7 Å². The molecule has 0 fully saturated rings. The molecule has 0 amide bonds. The van der Waals surface area contributed by atoms with Crippen LogP contribution in [0.2, 0.25) is 0 Å². The maximum Gasteiger partial charge on any atom is 0.249 e. The van der Waals surface area contributed by atoms with Gasteiger partial charge in [-0.2, -0.15) is 0 Å². The Bertz CT molecular complexity index is 1530. The van der Waals surface area contributed by atoms with Gasteiger partial charge < -0.3 is 14.8 Å². The Morgan fingerprint density at radius 1 is 1.03 bits per heavy atom. The number of aliphatic imine (C=N–C) groups is 1. The van der Waals surface area contributed by atoms with Crippen LogP contribution in [-0.4, -0.2) is 16.3 Å². The molecule has 0 aliphatic carbocycles. The third-order valence-corrected chi connectivity index (χ3v) is 6.38. The fourth-order valence-corrected chi connectivity index (χ4v) is 4.57. The lowest BCUT2D eigenvalue weighted by Gasteiger charge is -2.31. The van der Waals surface area contributed by atoms with Crippen molar-refractivity contribution in [3.8, 4) is 16.9 Å². The fraction of sp³-hybridized carbons (Fsp3) is 0.250. The molecule has 0 spiro atoms. The van der Waals surface area contributed by atoms with Gasteiger partial charge in [0.1, 0.15) is 18.0 Å². The van der Waals surface area contributed by atoms with E-state index in [4.69, 9.17) is 4.74 Å². The van der Waals surface area contributed by atoms with Crippen molar-refractivity contribution < 1.29 is 9.84 Å². The van der Waals surface area contributed by atoms with E-state index < -0.39 is 5.60 Å². The van der Waals surface area contributed by atoms with Gasteiger partial charge in [-0.1, -0.05) is 64.1 Å². The number of nitrogens with one attached hydrogen (secondary N) is 1. The van der Waals surface area contributed by atoms with E-state index in [1.165, 1.54) is 0 Å². The second-order valence-electron chi connectivity index (χ2n) is 9.39. The smallest absolute Gasteiger partial charge is 0.249 e. The molecule has 1 unspecified atom stereocenters. The van der Waals surface area contributed by atoms with E-state index in [0.29, 0.717) is 40.5 Å². The van der Waals surface area contributed by atoms with Crippen LogP contribution in [0, 0.1) is 5.92 Å². The molecule has 0 radical (unpaired) electrons. The van der Waals surface area contributed by atoms with E-state index in [2.05, 4.69) is 23.8 Å². The van der Waals surface area contributed by atoms with Gasteiger partial charge in [0.25, 0.3) is 0 Å². The summed E-state index contributed by atoms with van der Waals surface area (Å²) in [6.07, 6.45) is 3.56. The zero-order chi connectivity index (χ0) is 26.6. The average molecular weight is 495 g/mol. The molecule has 0 saturated carbocycles.